The van der Waals surface area contributed by atoms with Gasteiger partial charge in [-0.3, -0.25) is 4.90 Å². The van der Waals surface area contributed by atoms with Gasteiger partial charge in [0.15, 0.2) is 0 Å². The van der Waals surface area contributed by atoms with Crippen LogP contribution < -0.4 is 10.2 Å². The topological polar surface area (TPSA) is 93.2 Å². The Labute approximate surface area is 218 Å². The fourth-order valence-corrected chi connectivity index (χ4v) is 4.31. The first-order chi connectivity index (χ1) is 17.7. The number of para-hydroxylation sites is 2. The van der Waals surface area contributed by atoms with Gasteiger partial charge < -0.3 is 20.2 Å². The van der Waals surface area contributed by atoms with Crippen LogP contribution >= 0.6 is 0 Å². The van der Waals surface area contributed by atoms with Gasteiger partial charge in [0, 0.05) is 20.6 Å². The Morgan fingerprint density at radius 1 is 0.838 bits per heavy atom. The Bertz CT molecular complexity index is 1160. The summed E-state index contributed by atoms with van der Waals surface area (Å²) in [6, 6.07) is 22.7. The zero-order chi connectivity index (χ0) is 26.9. The molecule has 0 aliphatic carbocycles. The van der Waals surface area contributed by atoms with Gasteiger partial charge in [-0.15, -0.1) is 0 Å². The van der Waals surface area contributed by atoms with Gasteiger partial charge in [0.25, 0.3) is 0 Å². The summed E-state index contributed by atoms with van der Waals surface area (Å²) in [4.78, 5) is 43.6. The lowest BCUT2D eigenvalue weighted by Gasteiger charge is -2.36. The van der Waals surface area contributed by atoms with Crippen molar-refractivity contribution in [1.29, 1.82) is 0 Å². The van der Waals surface area contributed by atoms with Crippen molar-refractivity contribution < 1.29 is 19.5 Å². The van der Waals surface area contributed by atoms with Crippen LogP contribution in [0, 0.1) is 6.92 Å². The molecule has 0 spiro atoms. The van der Waals surface area contributed by atoms with Crippen LogP contribution in [0.25, 0.3) is 0 Å². The number of urea groups is 2. The molecule has 37 heavy (non-hydrogen) atoms. The monoisotopic (exact) mass is 502 g/mol. The van der Waals surface area contributed by atoms with Crippen molar-refractivity contribution >= 4 is 29.4 Å². The van der Waals surface area contributed by atoms with Crippen molar-refractivity contribution in [3.05, 3.63) is 96.1 Å². The van der Waals surface area contributed by atoms with Gasteiger partial charge in [-0.1, -0.05) is 67.6 Å². The molecule has 0 fully saturated rings. The molecule has 2 N–H and O–H groups in total. The Kier molecular flexibility index (Phi) is 9.27. The molecule has 0 bridgehead atoms. The number of rotatable bonds is 9. The number of hydrogen-bond acceptors (Lipinski definition) is 3. The van der Waals surface area contributed by atoms with Crippen molar-refractivity contribution in [3.63, 3.8) is 0 Å². The molecule has 0 saturated carbocycles. The SMILES string of the molecule is CC[C@H]([C@H](NC(=O)N(c1ccccc1)c1ccccc1)C(=O)O)N(C)C(=O)N(C)Cc1ccccc1C. The summed E-state index contributed by atoms with van der Waals surface area (Å²) in [6.45, 7) is 4.16. The van der Waals surface area contributed by atoms with E-state index in [4.69, 9.17) is 0 Å². The Hall–Kier alpha value is -4.33. The molecule has 194 valence electrons. The lowest BCUT2D eigenvalue weighted by atomic mass is 10.0. The van der Waals surface area contributed by atoms with E-state index in [1.54, 1.807) is 74.4 Å². The molecule has 0 unspecified atom stereocenters. The lowest BCUT2D eigenvalue weighted by molar-refractivity contribution is -0.140. The summed E-state index contributed by atoms with van der Waals surface area (Å²) in [6.07, 6.45) is 0.328. The van der Waals surface area contributed by atoms with E-state index in [0.717, 1.165) is 11.1 Å². The van der Waals surface area contributed by atoms with Crippen LogP contribution in [-0.2, 0) is 11.3 Å². The number of hydrogen-bond donors (Lipinski definition) is 2. The van der Waals surface area contributed by atoms with Crippen molar-refractivity contribution in [2.45, 2.75) is 38.9 Å². The van der Waals surface area contributed by atoms with Crippen LogP contribution in [0.3, 0.4) is 0 Å². The predicted molar refractivity (Wildman–Crippen MR) is 145 cm³/mol. The first-order valence-electron chi connectivity index (χ1n) is 12.2. The predicted octanol–water partition coefficient (Wildman–Crippen LogP) is 5.26. The van der Waals surface area contributed by atoms with Crippen LogP contribution in [0.5, 0.6) is 0 Å². The average Bonchev–Trinajstić information content (AvgIpc) is 2.90. The van der Waals surface area contributed by atoms with Crippen LogP contribution in [0.1, 0.15) is 24.5 Å². The highest BCUT2D eigenvalue weighted by Gasteiger charge is 2.36. The number of benzene rings is 3. The zero-order valence-corrected chi connectivity index (χ0v) is 21.7. The number of nitrogens with zero attached hydrogens (tertiary/aromatic N) is 3. The van der Waals surface area contributed by atoms with Crippen LogP contribution in [0.15, 0.2) is 84.9 Å². The molecule has 0 aliphatic rings. The summed E-state index contributed by atoms with van der Waals surface area (Å²) < 4.78 is 0. The minimum absolute atomic E-state index is 0.328. The second-order valence-corrected chi connectivity index (χ2v) is 8.92. The summed E-state index contributed by atoms with van der Waals surface area (Å²) >= 11 is 0. The zero-order valence-electron chi connectivity index (χ0n) is 21.7. The molecule has 4 amide bonds. The van der Waals surface area contributed by atoms with E-state index in [2.05, 4.69) is 5.32 Å². The number of carboxylic acid groups (broad SMARTS) is 1. The number of aryl methyl sites for hydroxylation is 1. The van der Waals surface area contributed by atoms with Crippen LogP contribution in [0.2, 0.25) is 0 Å². The number of carbonyl (C=O) groups is 3. The van der Waals surface area contributed by atoms with Crippen molar-refractivity contribution in [2.24, 2.45) is 0 Å². The molecule has 3 aromatic rings. The summed E-state index contributed by atoms with van der Waals surface area (Å²) in [5.41, 5.74) is 3.25. The minimum Gasteiger partial charge on any atom is -0.480 e. The Morgan fingerprint density at radius 2 is 1.35 bits per heavy atom. The van der Waals surface area contributed by atoms with E-state index in [1.807, 2.05) is 43.3 Å². The van der Waals surface area contributed by atoms with Gasteiger partial charge in [0.05, 0.1) is 17.4 Å². The lowest BCUT2D eigenvalue weighted by Crippen LogP contribution is -2.59. The maximum absolute atomic E-state index is 13.5. The molecule has 3 aromatic carbocycles. The van der Waals surface area contributed by atoms with Crippen molar-refractivity contribution in [2.75, 3.05) is 19.0 Å². The quantitative estimate of drug-likeness (QED) is 0.418. The third-order valence-electron chi connectivity index (χ3n) is 6.37. The maximum atomic E-state index is 13.5. The third kappa shape index (κ3) is 6.67. The highest BCUT2D eigenvalue weighted by atomic mass is 16.4. The fraction of sp³-hybridized carbons (Fsp3) is 0.276. The normalized spacial score (nSPS) is 12.2. The Morgan fingerprint density at radius 3 is 1.84 bits per heavy atom. The van der Waals surface area contributed by atoms with Gasteiger partial charge in [0.2, 0.25) is 0 Å². The highest BCUT2D eigenvalue weighted by Crippen LogP contribution is 2.25. The first kappa shape index (κ1) is 27.3. The first-order valence-corrected chi connectivity index (χ1v) is 12.2. The standard InChI is InChI=1S/C29H34N4O4/c1-5-25(32(4)29(37)31(3)20-22-15-13-12-14-21(22)2)26(27(34)35)30-28(36)33(23-16-8-6-9-17-23)24-18-10-7-11-19-24/h6-19,25-26H,5,20H2,1-4H3,(H,30,36)(H,34,35)/t25-,26+/m1/s1. The van der Waals surface area contributed by atoms with Crippen molar-refractivity contribution in [3.8, 4) is 0 Å². The number of amides is 4. The molecule has 8 heteroatoms. The van der Waals surface area contributed by atoms with E-state index in [-0.39, 0.29) is 6.03 Å². The molecule has 3 rings (SSSR count). The number of likely N-dealkylation sites (N-methyl/N-ethyl adjacent to an activating group) is 1. The number of anilines is 2. The number of carbonyl (C=O) groups excluding carboxylic acids is 2. The molecule has 2 atom stereocenters. The van der Waals surface area contributed by atoms with E-state index in [9.17, 15) is 19.5 Å². The molecule has 0 radical (unpaired) electrons. The van der Waals surface area contributed by atoms with Gasteiger partial charge in [-0.2, -0.15) is 0 Å². The summed E-state index contributed by atoms with van der Waals surface area (Å²) in [5, 5.41) is 12.8. The summed E-state index contributed by atoms with van der Waals surface area (Å²) in [5.74, 6) is -1.22. The van der Waals surface area contributed by atoms with Crippen LogP contribution in [0.4, 0.5) is 21.0 Å². The molecular weight excluding hydrogens is 468 g/mol. The van der Waals surface area contributed by atoms with Crippen molar-refractivity contribution in [1.82, 2.24) is 15.1 Å². The number of carboxylic acids is 1. The van der Waals surface area contributed by atoms with Gasteiger partial charge in [-0.25, -0.2) is 14.4 Å². The van der Waals surface area contributed by atoms with E-state index >= 15 is 0 Å². The molecule has 0 aromatic heterocycles. The smallest absolute Gasteiger partial charge is 0.328 e. The average molecular weight is 503 g/mol. The largest absolute Gasteiger partial charge is 0.480 e. The molecule has 0 heterocycles. The molecule has 0 aliphatic heterocycles. The molecule has 0 saturated heterocycles. The highest BCUT2D eigenvalue weighted by molar-refractivity contribution is 6.01. The van der Waals surface area contributed by atoms with Gasteiger partial charge in [-0.05, 0) is 48.7 Å². The fourth-order valence-electron chi connectivity index (χ4n) is 4.31. The second-order valence-electron chi connectivity index (χ2n) is 8.92. The minimum atomic E-state index is -1.33. The third-order valence-corrected chi connectivity index (χ3v) is 6.37. The number of nitrogens with one attached hydrogen (secondary N) is 1. The van der Waals surface area contributed by atoms with E-state index in [1.165, 1.54) is 9.80 Å². The number of aliphatic carboxylic acids is 1. The van der Waals surface area contributed by atoms with Gasteiger partial charge in [0.1, 0.15) is 6.04 Å². The van der Waals surface area contributed by atoms with Gasteiger partial charge >= 0.3 is 18.0 Å². The van der Waals surface area contributed by atoms with E-state index < -0.39 is 24.1 Å². The van der Waals surface area contributed by atoms with E-state index in [0.29, 0.717) is 24.3 Å². The maximum Gasteiger partial charge on any atom is 0.328 e. The summed E-state index contributed by atoms with van der Waals surface area (Å²) in [7, 11) is 3.25. The van der Waals surface area contributed by atoms with Crippen LogP contribution in [-0.4, -0.2) is 59.1 Å². The molecular formula is C29H34N4O4. The second kappa shape index (κ2) is 12.6. The molecule has 8 nitrogen and oxygen atoms in total. The Balaban J connectivity index is 1.83.